The van der Waals surface area contributed by atoms with Gasteiger partial charge in [-0.1, -0.05) is 50.1 Å². The second-order valence-electron chi connectivity index (χ2n) is 4.65. The van der Waals surface area contributed by atoms with Crippen LogP contribution in [0.2, 0.25) is 0 Å². The molecular weight excluding hydrogens is 272 g/mol. The first-order chi connectivity index (χ1) is 9.79. The van der Waals surface area contributed by atoms with Crippen molar-refractivity contribution in [2.45, 2.75) is 37.8 Å². The summed E-state index contributed by atoms with van der Waals surface area (Å²) in [5.74, 6) is 0.384. The molecule has 0 bridgehead atoms. The van der Waals surface area contributed by atoms with E-state index in [0.29, 0.717) is 11.0 Å². The molecule has 0 aliphatic rings. The van der Waals surface area contributed by atoms with E-state index < -0.39 is 0 Å². The molecule has 0 spiro atoms. The number of carbonyl (C=O) groups is 1. The molecule has 0 radical (unpaired) electrons. The van der Waals surface area contributed by atoms with Crippen LogP contribution in [0.15, 0.2) is 33.9 Å². The standard InChI is InChI=1S/C15H20N2O2S/c1-2-3-4-7-10-16-14(18)11-20-15-17-12-8-5-6-9-13(12)19-15/h5-6,8-9H,2-4,7,10-11H2,1H3,(H,16,18). The lowest BCUT2D eigenvalue weighted by atomic mass is 10.2. The lowest BCUT2D eigenvalue weighted by Crippen LogP contribution is -2.26. The molecule has 0 unspecified atom stereocenters. The Morgan fingerprint density at radius 2 is 2.15 bits per heavy atom. The monoisotopic (exact) mass is 292 g/mol. The summed E-state index contributed by atoms with van der Waals surface area (Å²) in [5.41, 5.74) is 1.59. The number of aromatic nitrogens is 1. The van der Waals surface area contributed by atoms with Crippen molar-refractivity contribution in [3.05, 3.63) is 24.3 Å². The molecule has 0 aliphatic heterocycles. The first-order valence-electron chi connectivity index (χ1n) is 7.04. The van der Waals surface area contributed by atoms with Crippen LogP contribution >= 0.6 is 11.8 Å². The SMILES string of the molecule is CCCCCCNC(=O)CSc1nc2ccccc2o1. The fourth-order valence-corrected chi connectivity index (χ4v) is 2.54. The van der Waals surface area contributed by atoms with Crippen LogP contribution < -0.4 is 5.32 Å². The highest BCUT2D eigenvalue weighted by atomic mass is 32.2. The molecule has 4 nitrogen and oxygen atoms in total. The molecule has 1 amide bonds. The van der Waals surface area contributed by atoms with E-state index in [4.69, 9.17) is 4.42 Å². The Labute approximate surface area is 123 Å². The fraction of sp³-hybridized carbons (Fsp3) is 0.467. The van der Waals surface area contributed by atoms with Gasteiger partial charge in [0.15, 0.2) is 5.58 Å². The number of nitrogens with zero attached hydrogens (tertiary/aromatic N) is 1. The van der Waals surface area contributed by atoms with Crippen LogP contribution in [-0.4, -0.2) is 23.2 Å². The molecule has 5 heteroatoms. The van der Waals surface area contributed by atoms with E-state index in [0.717, 1.165) is 24.1 Å². The van der Waals surface area contributed by atoms with Gasteiger partial charge in [0, 0.05) is 6.54 Å². The van der Waals surface area contributed by atoms with Crippen LogP contribution in [0.25, 0.3) is 11.1 Å². The number of hydrogen-bond donors (Lipinski definition) is 1. The summed E-state index contributed by atoms with van der Waals surface area (Å²) >= 11 is 1.33. The van der Waals surface area contributed by atoms with Crippen LogP contribution in [0, 0.1) is 0 Å². The summed E-state index contributed by atoms with van der Waals surface area (Å²) in [5, 5.41) is 3.46. The summed E-state index contributed by atoms with van der Waals surface area (Å²) < 4.78 is 5.55. The molecule has 0 aliphatic carbocycles. The molecular formula is C15H20N2O2S. The number of rotatable bonds is 8. The second kappa shape index (κ2) is 7.94. The molecule has 20 heavy (non-hydrogen) atoms. The Kier molecular flexibility index (Phi) is 5.92. The normalized spacial score (nSPS) is 10.8. The topological polar surface area (TPSA) is 55.1 Å². The third kappa shape index (κ3) is 4.56. The summed E-state index contributed by atoms with van der Waals surface area (Å²) in [4.78, 5) is 16.0. The largest absolute Gasteiger partial charge is 0.431 e. The zero-order valence-electron chi connectivity index (χ0n) is 11.7. The summed E-state index contributed by atoms with van der Waals surface area (Å²) in [6.45, 7) is 2.93. The summed E-state index contributed by atoms with van der Waals surface area (Å²) in [6, 6.07) is 7.60. The van der Waals surface area contributed by atoms with Crippen LogP contribution in [0.4, 0.5) is 0 Å². The van der Waals surface area contributed by atoms with E-state index in [1.54, 1.807) is 0 Å². The zero-order chi connectivity index (χ0) is 14.2. The molecule has 1 N–H and O–H groups in total. The molecule has 1 aromatic carbocycles. The van der Waals surface area contributed by atoms with Crippen molar-refractivity contribution >= 4 is 28.8 Å². The zero-order valence-corrected chi connectivity index (χ0v) is 12.5. The Morgan fingerprint density at radius 1 is 1.30 bits per heavy atom. The van der Waals surface area contributed by atoms with Crippen molar-refractivity contribution < 1.29 is 9.21 Å². The van der Waals surface area contributed by atoms with Crippen LogP contribution in [0.1, 0.15) is 32.6 Å². The van der Waals surface area contributed by atoms with Gasteiger partial charge >= 0.3 is 0 Å². The lowest BCUT2D eigenvalue weighted by molar-refractivity contribution is -0.118. The van der Waals surface area contributed by atoms with Crippen LogP contribution in [-0.2, 0) is 4.79 Å². The Hall–Kier alpha value is -1.49. The number of hydrogen-bond acceptors (Lipinski definition) is 4. The maximum absolute atomic E-state index is 11.7. The maximum Gasteiger partial charge on any atom is 0.257 e. The number of nitrogens with one attached hydrogen (secondary N) is 1. The molecule has 2 rings (SSSR count). The maximum atomic E-state index is 11.7. The third-order valence-electron chi connectivity index (χ3n) is 2.95. The van der Waals surface area contributed by atoms with Crippen molar-refractivity contribution in [3.8, 4) is 0 Å². The fourth-order valence-electron chi connectivity index (χ4n) is 1.87. The van der Waals surface area contributed by atoms with Gasteiger partial charge in [0.25, 0.3) is 5.22 Å². The van der Waals surface area contributed by atoms with E-state index in [9.17, 15) is 4.79 Å². The van der Waals surface area contributed by atoms with Crippen molar-refractivity contribution in [2.24, 2.45) is 0 Å². The highest BCUT2D eigenvalue weighted by Gasteiger charge is 2.08. The van der Waals surface area contributed by atoms with Crippen molar-refractivity contribution in [1.29, 1.82) is 0 Å². The van der Waals surface area contributed by atoms with Crippen LogP contribution in [0.3, 0.4) is 0 Å². The van der Waals surface area contributed by atoms with E-state index >= 15 is 0 Å². The minimum atomic E-state index is 0.0359. The van der Waals surface area contributed by atoms with Gasteiger partial charge in [-0.3, -0.25) is 4.79 Å². The first kappa shape index (κ1) is 14.9. The molecule has 108 valence electrons. The highest BCUT2D eigenvalue weighted by Crippen LogP contribution is 2.22. The number of fused-ring (bicyclic) bond motifs is 1. The Balaban J connectivity index is 1.70. The molecule has 0 saturated carbocycles. The third-order valence-corrected chi connectivity index (χ3v) is 3.78. The minimum absolute atomic E-state index is 0.0359. The van der Waals surface area contributed by atoms with Gasteiger partial charge < -0.3 is 9.73 Å². The van der Waals surface area contributed by atoms with Crippen molar-refractivity contribution in [2.75, 3.05) is 12.3 Å². The van der Waals surface area contributed by atoms with Gasteiger partial charge in [0.05, 0.1) is 5.75 Å². The summed E-state index contributed by atoms with van der Waals surface area (Å²) in [6.07, 6.45) is 4.66. The van der Waals surface area contributed by atoms with Gasteiger partial charge in [0.2, 0.25) is 5.91 Å². The number of thioether (sulfide) groups is 1. The molecule has 1 heterocycles. The molecule has 2 aromatic rings. The van der Waals surface area contributed by atoms with Crippen molar-refractivity contribution in [3.63, 3.8) is 0 Å². The molecule has 1 aromatic heterocycles. The van der Waals surface area contributed by atoms with Gasteiger partial charge in [-0.2, -0.15) is 0 Å². The number of amides is 1. The predicted octanol–water partition coefficient (Wildman–Crippen LogP) is 3.62. The van der Waals surface area contributed by atoms with Gasteiger partial charge in [0.1, 0.15) is 5.52 Å². The molecule has 0 saturated heterocycles. The van der Waals surface area contributed by atoms with E-state index in [1.165, 1.54) is 31.0 Å². The van der Waals surface area contributed by atoms with Crippen molar-refractivity contribution in [1.82, 2.24) is 10.3 Å². The lowest BCUT2D eigenvalue weighted by Gasteiger charge is -2.03. The number of oxazole rings is 1. The second-order valence-corrected chi connectivity index (χ2v) is 5.57. The van der Waals surface area contributed by atoms with Gasteiger partial charge in [-0.25, -0.2) is 4.98 Å². The molecule has 0 atom stereocenters. The quantitative estimate of drug-likeness (QED) is 0.596. The average Bonchev–Trinajstić information content (AvgIpc) is 2.88. The number of carbonyl (C=O) groups excluding carboxylic acids is 1. The summed E-state index contributed by atoms with van der Waals surface area (Å²) in [7, 11) is 0. The first-order valence-corrected chi connectivity index (χ1v) is 8.03. The highest BCUT2D eigenvalue weighted by molar-refractivity contribution is 7.99. The van der Waals surface area contributed by atoms with Gasteiger partial charge in [-0.05, 0) is 18.6 Å². The van der Waals surface area contributed by atoms with E-state index in [2.05, 4.69) is 17.2 Å². The Morgan fingerprint density at radius 3 is 2.95 bits per heavy atom. The van der Waals surface area contributed by atoms with Crippen LogP contribution in [0.5, 0.6) is 0 Å². The van der Waals surface area contributed by atoms with E-state index in [-0.39, 0.29) is 5.91 Å². The van der Waals surface area contributed by atoms with Gasteiger partial charge in [-0.15, -0.1) is 0 Å². The Bertz CT molecular complexity index is 521. The molecule has 0 fully saturated rings. The average molecular weight is 292 g/mol. The number of benzene rings is 1. The number of para-hydroxylation sites is 2. The predicted molar refractivity (Wildman–Crippen MR) is 81.9 cm³/mol. The number of unbranched alkanes of at least 4 members (excludes halogenated alkanes) is 3. The minimum Gasteiger partial charge on any atom is -0.431 e. The smallest absolute Gasteiger partial charge is 0.257 e. The van der Waals surface area contributed by atoms with E-state index in [1.807, 2.05) is 24.3 Å².